The molecule has 0 spiro atoms. The van der Waals surface area contributed by atoms with Gasteiger partial charge in [-0.15, -0.1) is 5.10 Å². The molecule has 0 atom stereocenters. The summed E-state index contributed by atoms with van der Waals surface area (Å²) in [7, 11) is 0. The lowest BCUT2D eigenvalue weighted by Crippen LogP contribution is -2.15. The molecule has 9 heteroatoms. The maximum absolute atomic E-state index is 12.8. The van der Waals surface area contributed by atoms with Crippen molar-refractivity contribution < 1.29 is 9.53 Å². The fraction of sp³-hybridized carbons (Fsp3) is 0.105. The zero-order chi connectivity index (χ0) is 19.5. The van der Waals surface area contributed by atoms with E-state index in [1.807, 2.05) is 30.3 Å². The predicted molar refractivity (Wildman–Crippen MR) is 103 cm³/mol. The molecule has 0 aliphatic rings. The molecule has 3 aromatic heterocycles. The van der Waals surface area contributed by atoms with Crippen LogP contribution in [0.15, 0.2) is 54.9 Å². The second-order valence-corrected chi connectivity index (χ2v) is 6.44. The predicted octanol–water partition coefficient (Wildman–Crippen LogP) is 3.02. The van der Waals surface area contributed by atoms with E-state index in [1.54, 1.807) is 41.9 Å². The zero-order valence-corrected chi connectivity index (χ0v) is 15.6. The van der Waals surface area contributed by atoms with Gasteiger partial charge in [-0.3, -0.25) is 0 Å². The van der Waals surface area contributed by atoms with Gasteiger partial charge in [-0.25, -0.2) is 9.78 Å². The number of hydrogen-bond acceptors (Lipinski definition) is 6. The third-order valence-corrected chi connectivity index (χ3v) is 4.21. The molecule has 0 fully saturated rings. The van der Waals surface area contributed by atoms with Crippen molar-refractivity contribution in [3.63, 3.8) is 0 Å². The normalized spacial score (nSPS) is 11.7. The minimum Gasteiger partial charge on any atom is -0.454 e. The Morgan fingerprint density at radius 2 is 2.00 bits per heavy atom. The van der Waals surface area contributed by atoms with Crippen LogP contribution < -0.4 is 0 Å². The first kappa shape index (κ1) is 17.9. The first-order valence-corrected chi connectivity index (χ1v) is 8.80. The van der Waals surface area contributed by atoms with E-state index in [4.69, 9.17) is 16.3 Å². The van der Waals surface area contributed by atoms with E-state index in [0.717, 1.165) is 5.56 Å². The number of esters is 1. The van der Waals surface area contributed by atoms with Crippen LogP contribution in [0.3, 0.4) is 0 Å². The quantitative estimate of drug-likeness (QED) is 0.382. The van der Waals surface area contributed by atoms with Crippen LogP contribution in [-0.2, 0) is 16.1 Å². The number of hydrogen-bond donors (Lipinski definition) is 0. The van der Waals surface area contributed by atoms with Crippen LogP contribution in [0.2, 0.25) is 5.02 Å². The molecule has 0 aliphatic heterocycles. The molecule has 4 rings (SSSR count). The molecule has 0 aliphatic carbocycles. The Morgan fingerprint density at radius 3 is 2.75 bits per heavy atom. The molecule has 0 saturated carbocycles. The molecule has 8 nitrogen and oxygen atoms in total. The summed E-state index contributed by atoms with van der Waals surface area (Å²) in [6, 6.07) is 12.9. The van der Waals surface area contributed by atoms with Crippen LogP contribution in [0, 0.1) is 6.92 Å². The molecule has 0 bridgehead atoms. The number of fused-ring (bicyclic) bond motifs is 1. The van der Waals surface area contributed by atoms with Gasteiger partial charge in [0.05, 0.1) is 10.7 Å². The Labute approximate surface area is 165 Å². The Bertz CT molecular complexity index is 1170. The summed E-state index contributed by atoms with van der Waals surface area (Å²) in [5.74, 6) is -0.0872. The minimum atomic E-state index is -0.561. The number of pyridine rings is 1. The number of nitrogens with zero attached hydrogens (tertiary/aromatic N) is 6. The van der Waals surface area contributed by atoms with E-state index >= 15 is 0 Å². The maximum Gasteiger partial charge on any atom is 0.357 e. The standard InChI is InChI=1S/C19H15ClN6O2/c1-13-22-23-24-26(13)17(9-14-5-3-2-4-6-14)19(27)28-12-16-11-25-10-15(20)7-8-18(25)21-16/h2-11H,12H2,1H3/b17-9-. The Morgan fingerprint density at radius 1 is 1.18 bits per heavy atom. The fourth-order valence-corrected chi connectivity index (χ4v) is 2.84. The second kappa shape index (κ2) is 7.61. The summed E-state index contributed by atoms with van der Waals surface area (Å²) < 4.78 is 8.59. The molecule has 1 aromatic carbocycles. The monoisotopic (exact) mass is 394 g/mol. The van der Waals surface area contributed by atoms with Crippen LogP contribution in [0.5, 0.6) is 0 Å². The molecule has 0 N–H and O–H groups in total. The molecule has 0 amide bonds. The van der Waals surface area contributed by atoms with Crippen LogP contribution in [0.1, 0.15) is 17.1 Å². The molecule has 0 unspecified atom stereocenters. The van der Waals surface area contributed by atoms with Gasteiger partial charge in [0.25, 0.3) is 0 Å². The van der Waals surface area contributed by atoms with E-state index in [-0.39, 0.29) is 12.3 Å². The van der Waals surface area contributed by atoms with Crippen molar-refractivity contribution in [3.8, 4) is 0 Å². The molecule has 4 aromatic rings. The molecule has 0 saturated heterocycles. The van der Waals surface area contributed by atoms with Crippen molar-refractivity contribution in [2.75, 3.05) is 0 Å². The highest BCUT2D eigenvalue weighted by Gasteiger charge is 2.18. The summed E-state index contributed by atoms with van der Waals surface area (Å²) in [6.07, 6.45) is 5.17. The number of halogens is 1. The Kier molecular flexibility index (Phi) is 4.86. The lowest BCUT2D eigenvalue weighted by Gasteiger charge is -2.08. The summed E-state index contributed by atoms with van der Waals surface area (Å²) in [5, 5.41) is 11.9. The van der Waals surface area contributed by atoms with Gasteiger partial charge in [-0.1, -0.05) is 41.9 Å². The highest BCUT2D eigenvalue weighted by Crippen LogP contribution is 2.16. The zero-order valence-electron chi connectivity index (χ0n) is 14.9. The van der Waals surface area contributed by atoms with Crippen molar-refractivity contribution in [2.45, 2.75) is 13.5 Å². The number of tetrazole rings is 1. The van der Waals surface area contributed by atoms with Gasteiger partial charge < -0.3 is 9.14 Å². The van der Waals surface area contributed by atoms with Gasteiger partial charge in [0.1, 0.15) is 12.3 Å². The smallest absolute Gasteiger partial charge is 0.357 e. The first-order valence-electron chi connectivity index (χ1n) is 8.42. The van der Waals surface area contributed by atoms with Gasteiger partial charge >= 0.3 is 5.97 Å². The van der Waals surface area contributed by atoms with Crippen molar-refractivity contribution >= 4 is 35.0 Å². The van der Waals surface area contributed by atoms with Crippen LogP contribution >= 0.6 is 11.6 Å². The van der Waals surface area contributed by atoms with E-state index in [1.165, 1.54) is 4.68 Å². The third-order valence-electron chi connectivity index (χ3n) is 3.98. The number of rotatable bonds is 5. The van der Waals surface area contributed by atoms with E-state index in [0.29, 0.717) is 22.2 Å². The van der Waals surface area contributed by atoms with Gasteiger partial charge in [-0.2, -0.15) is 4.68 Å². The van der Waals surface area contributed by atoms with Crippen molar-refractivity contribution in [2.24, 2.45) is 0 Å². The highest BCUT2D eigenvalue weighted by atomic mass is 35.5. The molecule has 140 valence electrons. The van der Waals surface area contributed by atoms with Gasteiger partial charge in [0, 0.05) is 12.4 Å². The SMILES string of the molecule is Cc1nnnn1/C(=C\c1ccccc1)C(=O)OCc1cn2cc(Cl)ccc2n1. The number of aryl methyl sites for hydroxylation is 1. The van der Waals surface area contributed by atoms with Gasteiger partial charge in [-0.05, 0) is 41.1 Å². The first-order chi connectivity index (χ1) is 13.6. The van der Waals surface area contributed by atoms with Crippen LogP contribution in [0.25, 0.3) is 17.4 Å². The van der Waals surface area contributed by atoms with E-state index in [2.05, 4.69) is 20.5 Å². The summed E-state index contributed by atoms with van der Waals surface area (Å²) in [4.78, 5) is 17.2. The average Bonchev–Trinajstić information content (AvgIpc) is 3.30. The van der Waals surface area contributed by atoms with E-state index in [9.17, 15) is 4.79 Å². The van der Waals surface area contributed by atoms with Crippen LogP contribution in [0.4, 0.5) is 0 Å². The molecular weight excluding hydrogens is 380 g/mol. The average molecular weight is 395 g/mol. The van der Waals surface area contributed by atoms with Crippen LogP contribution in [-0.4, -0.2) is 35.6 Å². The third kappa shape index (κ3) is 3.77. The number of aromatic nitrogens is 6. The maximum atomic E-state index is 12.8. The summed E-state index contributed by atoms with van der Waals surface area (Å²) in [6.45, 7) is 1.71. The summed E-state index contributed by atoms with van der Waals surface area (Å²) in [5.41, 5.74) is 2.35. The number of ether oxygens (including phenoxy) is 1. The number of benzene rings is 1. The molecular formula is C19H15ClN6O2. The Hall–Kier alpha value is -3.52. The fourth-order valence-electron chi connectivity index (χ4n) is 2.67. The van der Waals surface area contributed by atoms with E-state index < -0.39 is 5.97 Å². The largest absolute Gasteiger partial charge is 0.454 e. The molecule has 28 heavy (non-hydrogen) atoms. The number of carbonyl (C=O) groups is 1. The number of imidazole rings is 1. The lowest BCUT2D eigenvalue weighted by atomic mass is 10.2. The van der Waals surface area contributed by atoms with Gasteiger partial charge in [0.15, 0.2) is 11.5 Å². The van der Waals surface area contributed by atoms with Gasteiger partial charge in [0.2, 0.25) is 0 Å². The second-order valence-electron chi connectivity index (χ2n) is 6.00. The topological polar surface area (TPSA) is 87.2 Å². The minimum absolute atomic E-state index is 0.00539. The number of carbonyl (C=O) groups excluding carboxylic acids is 1. The molecule has 3 heterocycles. The highest BCUT2D eigenvalue weighted by molar-refractivity contribution is 6.30. The molecule has 0 radical (unpaired) electrons. The summed E-state index contributed by atoms with van der Waals surface area (Å²) >= 11 is 5.98. The van der Waals surface area contributed by atoms with Crippen molar-refractivity contribution in [3.05, 3.63) is 77.0 Å². The van der Waals surface area contributed by atoms with Crippen molar-refractivity contribution in [1.29, 1.82) is 0 Å². The van der Waals surface area contributed by atoms with Crippen molar-refractivity contribution in [1.82, 2.24) is 29.6 Å². The lowest BCUT2D eigenvalue weighted by molar-refractivity contribution is -0.138. The Balaban J connectivity index is 1.58.